The topological polar surface area (TPSA) is 50.2 Å². The summed E-state index contributed by atoms with van der Waals surface area (Å²) in [5, 5.41) is 11.5. The summed E-state index contributed by atoms with van der Waals surface area (Å²) in [5.74, 6) is -0.751. The molecule has 0 aliphatic carbocycles. The van der Waals surface area contributed by atoms with E-state index in [0.717, 1.165) is 22.7 Å². The van der Waals surface area contributed by atoms with Gasteiger partial charge in [0.05, 0.1) is 5.69 Å². The molecule has 98 valence electrons. The average Bonchev–Trinajstić information content (AvgIpc) is 2.85. The molecule has 0 saturated heterocycles. The Labute approximate surface area is 116 Å². The molecule has 0 spiro atoms. The standard InChI is InChI=1S/C15H15NO2S/c17-15(18)8-4-7-13-11-19-14(16-13)10-9-12-5-2-1-3-6-12/h1-3,5-6,9-11H,4,7-8H2,(H,17,18). The van der Waals surface area contributed by atoms with Gasteiger partial charge in [0, 0.05) is 11.8 Å². The van der Waals surface area contributed by atoms with Gasteiger partial charge in [-0.1, -0.05) is 36.4 Å². The zero-order chi connectivity index (χ0) is 13.5. The van der Waals surface area contributed by atoms with Crippen LogP contribution in [0.3, 0.4) is 0 Å². The van der Waals surface area contributed by atoms with Gasteiger partial charge in [0.25, 0.3) is 0 Å². The largest absolute Gasteiger partial charge is 0.481 e. The Morgan fingerprint density at radius 2 is 2.05 bits per heavy atom. The van der Waals surface area contributed by atoms with Crippen LogP contribution < -0.4 is 0 Å². The fourth-order valence-electron chi connectivity index (χ4n) is 1.67. The molecule has 0 fully saturated rings. The minimum absolute atomic E-state index is 0.201. The van der Waals surface area contributed by atoms with Crippen LogP contribution >= 0.6 is 11.3 Å². The number of rotatable bonds is 6. The van der Waals surface area contributed by atoms with Crippen molar-refractivity contribution in [2.45, 2.75) is 19.3 Å². The summed E-state index contributed by atoms with van der Waals surface area (Å²) in [5.41, 5.74) is 2.11. The first-order valence-corrected chi connectivity index (χ1v) is 7.01. The maximum absolute atomic E-state index is 10.4. The van der Waals surface area contributed by atoms with Crippen molar-refractivity contribution in [2.24, 2.45) is 0 Å². The van der Waals surface area contributed by atoms with Crippen LogP contribution in [-0.4, -0.2) is 16.1 Å². The van der Waals surface area contributed by atoms with Crippen LogP contribution in [0, 0.1) is 0 Å². The summed E-state index contributed by atoms with van der Waals surface area (Å²) in [7, 11) is 0. The van der Waals surface area contributed by atoms with E-state index in [2.05, 4.69) is 4.98 Å². The molecule has 0 amide bonds. The fourth-order valence-corrected chi connectivity index (χ4v) is 2.41. The molecule has 0 aliphatic rings. The lowest BCUT2D eigenvalue weighted by molar-refractivity contribution is -0.137. The molecule has 1 aromatic heterocycles. The lowest BCUT2D eigenvalue weighted by Gasteiger charge is -1.93. The smallest absolute Gasteiger partial charge is 0.303 e. The number of aryl methyl sites for hydroxylation is 1. The Morgan fingerprint density at radius 3 is 2.79 bits per heavy atom. The Kier molecular flexibility index (Phi) is 4.86. The van der Waals surface area contributed by atoms with E-state index in [0.29, 0.717) is 6.42 Å². The van der Waals surface area contributed by atoms with Crippen LogP contribution in [-0.2, 0) is 11.2 Å². The molecular formula is C15H15NO2S. The maximum Gasteiger partial charge on any atom is 0.303 e. The highest BCUT2D eigenvalue weighted by Gasteiger charge is 2.01. The lowest BCUT2D eigenvalue weighted by Crippen LogP contribution is -1.95. The Balaban J connectivity index is 1.90. The molecule has 0 bridgehead atoms. The number of nitrogens with zero attached hydrogens (tertiary/aromatic N) is 1. The second kappa shape index (κ2) is 6.85. The zero-order valence-corrected chi connectivity index (χ0v) is 11.3. The first kappa shape index (κ1) is 13.5. The van der Waals surface area contributed by atoms with Gasteiger partial charge < -0.3 is 5.11 Å². The van der Waals surface area contributed by atoms with Gasteiger partial charge in [0.2, 0.25) is 0 Å². The van der Waals surface area contributed by atoms with Crippen LogP contribution in [0.2, 0.25) is 0 Å². The Morgan fingerprint density at radius 1 is 1.26 bits per heavy atom. The quantitative estimate of drug-likeness (QED) is 0.872. The van der Waals surface area contributed by atoms with Crippen LogP contribution in [0.1, 0.15) is 29.1 Å². The van der Waals surface area contributed by atoms with Crippen molar-refractivity contribution in [3.63, 3.8) is 0 Å². The van der Waals surface area contributed by atoms with Gasteiger partial charge in [0.1, 0.15) is 5.01 Å². The lowest BCUT2D eigenvalue weighted by atomic mass is 10.2. The summed E-state index contributed by atoms with van der Waals surface area (Å²) in [6.45, 7) is 0. The van der Waals surface area contributed by atoms with E-state index in [1.807, 2.05) is 47.9 Å². The highest BCUT2D eigenvalue weighted by Crippen LogP contribution is 2.15. The maximum atomic E-state index is 10.4. The zero-order valence-electron chi connectivity index (χ0n) is 10.5. The summed E-state index contributed by atoms with van der Waals surface area (Å²) in [6.07, 6.45) is 5.58. The molecule has 2 rings (SSSR count). The summed E-state index contributed by atoms with van der Waals surface area (Å²) < 4.78 is 0. The van der Waals surface area contributed by atoms with Crippen LogP contribution in [0.15, 0.2) is 35.7 Å². The number of thiazole rings is 1. The first-order valence-electron chi connectivity index (χ1n) is 6.13. The number of aromatic nitrogens is 1. The third-order valence-electron chi connectivity index (χ3n) is 2.61. The van der Waals surface area contributed by atoms with Crippen molar-refractivity contribution in [3.8, 4) is 0 Å². The van der Waals surface area contributed by atoms with Crippen molar-refractivity contribution in [1.29, 1.82) is 0 Å². The highest BCUT2D eigenvalue weighted by molar-refractivity contribution is 7.10. The number of carboxylic acid groups (broad SMARTS) is 1. The second-order valence-corrected chi connectivity index (χ2v) is 5.06. The third-order valence-corrected chi connectivity index (χ3v) is 3.47. The number of hydrogen-bond acceptors (Lipinski definition) is 3. The molecule has 0 aliphatic heterocycles. The van der Waals surface area contributed by atoms with Gasteiger partial charge in [0.15, 0.2) is 0 Å². The number of benzene rings is 1. The monoisotopic (exact) mass is 273 g/mol. The molecule has 19 heavy (non-hydrogen) atoms. The van der Waals surface area contributed by atoms with Crippen molar-refractivity contribution < 1.29 is 9.90 Å². The SMILES string of the molecule is O=C(O)CCCc1csc(C=Cc2ccccc2)n1. The van der Waals surface area contributed by atoms with Gasteiger partial charge in [-0.05, 0) is 24.5 Å². The molecule has 2 aromatic rings. The van der Waals surface area contributed by atoms with Crippen molar-refractivity contribution in [2.75, 3.05) is 0 Å². The molecule has 0 radical (unpaired) electrons. The van der Waals surface area contributed by atoms with Gasteiger partial charge in [-0.2, -0.15) is 0 Å². The van der Waals surface area contributed by atoms with Gasteiger partial charge in [-0.15, -0.1) is 11.3 Å². The van der Waals surface area contributed by atoms with E-state index < -0.39 is 5.97 Å². The first-order chi connectivity index (χ1) is 9.24. The average molecular weight is 273 g/mol. The van der Waals surface area contributed by atoms with E-state index in [4.69, 9.17) is 5.11 Å². The van der Waals surface area contributed by atoms with E-state index in [1.165, 1.54) is 0 Å². The number of hydrogen-bond donors (Lipinski definition) is 1. The molecule has 0 unspecified atom stereocenters. The molecule has 0 atom stereocenters. The minimum atomic E-state index is -0.751. The Bertz CT molecular complexity index is 561. The van der Waals surface area contributed by atoms with Crippen molar-refractivity contribution in [1.82, 2.24) is 4.98 Å². The summed E-state index contributed by atoms with van der Waals surface area (Å²) >= 11 is 1.58. The van der Waals surface area contributed by atoms with Crippen LogP contribution in [0.4, 0.5) is 0 Å². The van der Waals surface area contributed by atoms with E-state index in [1.54, 1.807) is 11.3 Å². The highest BCUT2D eigenvalue weighted by atomic mass is 32.1. The molecule has 1 aromatic carbocycles. The predicted molar refractivity (Wildman–Crippen MR) is 78.1 cm³/mol. The molecule has 1 heterocycles. The predicted octanol–water partition coefficient (Wildman–Crippen LogP) is 3.72. The number of carbonyl (C=O) groups is 1. The minimum Gasteiger partial charge on any atom is -0.481 e. The van der Waals surface area contributed by atoms with Crippen LogP contribution in [0.5, 0.6) is 0 Å². The molecular weight excluding hydrogens is 258 g/mol. The fraction of sp³-hybridized carbons (Fsp3) is 0.200. The molecule has 3 nitrogen and oxygen atoms in total. The summed E-state index contributed by atoms with van der Waals surface area (Å²) in [6, 6.07) is 10.1. The summed E-state index contributed by atoms with van der Waals surface area (Å²) in [4.78, 5) is 14.9. The molecule has 0 saturated carbocycles. The van der Waals surface area contributed by atoms with E-state index in [9.17, 15) is 4.79 Å². The Hall–Kier alpha value is -1.94. The molecule has 4 heteroatoms. The van der Waals surface area contributed by atoms with Gasteiger partial charge >= 0.3 is 5.97 Å². The number of aliphatic carboxylic acids is 1. The van der Waals surface area contributed by atoms with E-state index >= 15 is 0 Å². The third kappa shape index (κ3) is 4.67. The second-order valence-electron chi connectivity index (χ2n) is 4.17. The van der Waals surface area contributed by atoms with Crippen LogP contribution in [0.25, 0.3) is 12.2 Å². The van der Waals surface area contributed by atoms with Gasteiger partial charge in [-0.25, -0.2) is 4.98 Å². The normalized spacial score (nSPS) is 10.9. The van der Waals surface area contributed by atoms with E-state index in [-0.39, 0.29) is 6.42 Å². The van der Waals surface area contributed by atoms with Crippen molar-refractivity contribution in [3.05, 3.63) is 52.0 Å². The van der Waals surface area contributed by atoms with Gasteiger partial charge in [-0.3, -0.25) is 4.79 Å². The molecule has 1 N–H and O–H groups in total. The number of carboxylic acids is 1. The van der Waals surface area contributed by atoms with Crippen molar-refractivity contribution >= 4 is 29.5 Å².